The number of amides is 1. The molecule has 116 valence electrons. The lowest BCUT2D eigenvalue weighted by atomic mass is 10.1. The van der Waals surface area contributed by atoms with E-state index < -0.39 is 5.97 Å². The Morgan fingerprint density at radius 2 is 1.87 bits per heavy atom. The minimum absolute atomic E-state index is 0.129. The highest BCUT2D eigenvalue weighted by Crippen LogP contribution is 2.30. The molecule has 0 atom stereocenters. The van der Waals surface area contributed by atoms with Crippen molar-refractivity contribution in [2.75, 3.05) is 4.90 Å². The summed E-state index contributed by atoms with van der Waals surface area (Å²) in [6, 6.07) is 14.5. The van der Waals surface area contributed by atoms with E-state index in [1.807, 2.05) is 24.3 Å². The molecule has 0 aromatic heterocycles. The normalized spacial score (nSPS) is 15.0. The molecule has 0 aliphatic carbocycles. The summed E-state index contributed by atoms with van der Waals surface area (Å²) in [5.74, 6) is -0.874. The van der Waals surface area contributed by atoms with Gasteiger partial charge in [-0.1, -0.05) is 47.1 Å². The van der Waals surface area contributed by atoms with E-state index in [9.17, 15) is 9.59 Å². The minimum atomic E-state index is -0.570. The van der Waals surface area contributed by atoms with Gasteiger partial charge in [0.1, 0.15) is 0 Å². The number of carbonyl (C=O) groups excluding carboxylic acids is 2. The molecule has 0 bridgehead atoms. The summed E-state index contributed by atoms with van der Waals surface area (Å²) < 4.78 is 0. The van der Waals surface area contributed by atoms with Crippen LogP contribution < -0.4 is 4.90 Å². The zero-order valence-corrected chi connectivity index (χ0v) is 13.1. The number of benzene rings is 2. The third kappa shape index (κ3) is 3.10. The Morgan fingerprint density at radius 1 is 1.17 bits per heavy atom. The van der Waals surface area contributed by atoms with Gasteiger partial charge in [0.2, 0.25) is 0 Å². The summed E-state index contributed by atoms with van der Waals surface area (Å²) in [6.45, 7) is 1.62. The van der Waals surface area contributed by atoms with E-state index >= 15 is 0 Å². The highest BCUT2D eigenvalue weighted by atomic mass is 35.5. The van der Waals surface area contributed by atoms with Crippen LogP contribution in [0.15, 0.2) is 53.7 Å². The second-order valence-electron chi connectivity index (χ2n) is 5.06. The molecule has 23 heavy (non-hydrogen) atoms. The first-order chi connectivity index (χ1) is 11.1. The predicted molar refractivity (Wildman–Crippen MR) is 87.4 cm³/mol. The standard InChI is InChI=1S/C17H13ClN2O3/c1-11(21)23-19-16-14-4-2-3-5-15(14)20(17(16)22)10-12-6-8-13(18)9-7-12/h2-9H,10H2,1H3/b19-16+. The molecule has 2 aromatic carbocycles. The summed E-state index contributed by atoms with van der Waals surface area (Å²) in [5.41, 5.74) is 2.45. The van der Waals surface area contributed by atoms with E-state index in [1.54, 1.807) is 29.2 Å². The van der Waals surface area contributed by atoms with E-state index in [2.05, 4.69) is 9.99 Å². The van der Waals surface area contributed by atoms with Crippen molar-refractivity contribution in [2.45, 2.75) is 13.5 Å². The summed E-state index contributed by atoms with van der Waals surface area (Å²) >= 11 is 5.88. The quantitative estimate of drug-likeness (QED) is 0.642. The fourth-order valence-electron chi connectivity index (χ4n) is 2.39. The van der Waals surface area contributed by atoms with Crippen LogP contribution >= 0.6 is 11.6 Å². The van der Waals surface area contributed by atoms with E-state index in [1.165, 1.54) is 6.92 Å². The Hall–Kier alpha value is -2.66. The summed E-state index contributed by atoms with van der Waals surface area (Å²) in [7, 11) is 0. The van der Waals surface area contributed by atoms with E-state index in [0.717, 1.165) is 11.3 Å². The number of hydrogen-bond donors (Lipinski definition) is 0. The van der Waals surface area contributed by atoms with Gasteiger partial charge in [-0.2, -0.15) is 0 Å². The molecule has 5 nitrogen and oxygen atoms in total. The number of anilines is 1. The maximum Gasteiger partial charge on any atom is 0.332 e. The van der Waals surface area contributed by atoms with E-state index in [-0.39, 0.29) is 11.6 Å². The van der Waals surface area contributed by atoms with Crippen molar-refractivity contribution in [3.63, 3.8) is 0 Å². The van der Waals surface area contributed by atoms with Crippen LogP contribution in [0.3, 0.4) is 0 Å². The molecule has 3 rings (SSSR count). The largest absolute Gasteiger partial charge is 0.332 e. The van der Waals surface area contributed by atoms with Crippen molar-refractivity contribution < 1.29 is 14.4 Å². The maximum absolute atomic E-state index is 12.6. The molecular weight excluding hydrogens is 316 g/mol. The molecule has 1 amide bonds. The molecule has 0 unspecified atom stereocenters. The highest BCUT2D eigenvalue weighted by molar-refractivity contribution is 6.54. The number of nitrogens with zero attached hydrogens (tertiary/aromatic N) is 2. The first kappa shape index (κ1) is 15.2. The molecule has 2 aromatic rings. The molecule has 0 fully saturated rings. The van der Waals surface area contributed by atoms with Crippen LogP contribution in [0.2, 0.25) is 5.02 Å². The molecular formula is C17H13ClN2O3. The first-order valence-electron chi connectivity index (χ1n) is 6.97. The molecule has 6 heteroatoms. The van der Waals surface area contributed by atoms with Gasteiger partial charge in [0, 0.05) is 17.5 Å². The Balaban J connectivity index is 1.95. The number of halogens is 1. The van der Waals surface area contributed by atoms with Crippen LogP contribution in [-0.2, 0) is 21.0 Å². The monoisotopic (exact) mass is 328 g/mol. The van der Waals surface area contributed by atoms with Gasteiger partial charge in [-0.05, 0) is 23.8 Å². The Labute approximate surface area is 138 Å². The van der Waals surface area contributed by atoms with Gasteiger partial charge in [0.15, 0.2) is 5.71 Å². The number of hydrogen-bond acceptors (Lipinski definition) is 4. The average molecular weight is 329 g/mol. The molecule has 0 spiro atoms. The third-order valence-corrected chi connectivity index (χ3v) is 3.67. The first-order valence-corrected chi connectivity index (χ1v) is 7.35. The lowest BCUT2D eigenvalue weighted by Crippen LogP contribution is -2.29. The zero-order valence-electron chi connectivity index (χ0n) is 12.3. The lowest BCUT2D eigenvalue weighted by Gasteiger charge is -2.16. The van der Waals surface area contributed by atoms with Crippen LogP contribution in [0.5, 0.6) is 0 Å². The van der Waals surface area contributed by atoms with Crippen molar-refractivity contribution in [3.8, 4) is 0 Å². The Kier molecular flexibility index (Phi) is 4.12. The number of oxime groups is 1. The van der Waals surface area contributed by atoms with Crippen molar-refractivity contribution >= 4 is 34.9 Å². The van der Waals surface area contributed by atoms with Crippen LogP contribution in [0.1, 0.15) is 18.1 Å². The Bertz CT molecular complexity index is 800. The van der Waals surface area contributed by atoms with Gasteiger partial charge in [0.05, 0.1) is 12.2 Å². The SMILES string of the molecule is CC(=O)O/N=C1/C(=O)N(Cc2ccc(Cl)cc2)c2ccccc21. The zero-order chi connectivity index (χ0) is 16.4. The van der Waals surface area contributed by atoms with Crippen LogP contribution in [0, 0.1) is 0 Å². The molecule has 0 radical (unpaired) electrons. The fourth-order valence-corrected chi connectivity index (χ4v) is 2.52. The second kappa shape index (κ2) is 6.22. The molecule has 1 aliphatic rings. The summed E-state index contributed by atoms with van der Waals surface area (Å²) in [4.78, 5) is 29.8. The summed E-state index contributed by atoms with van der Waals surface area (Å²) in [5, 5.41) is 4.34. The lowest BCUT2D eigenvalue weighted by molar-refractivity contribution is -0.140. The van der Waals surface area contributed by atoms with Crippen LogP contribution in [-0.4, -0.2) is 17.6 Å². The summed E-state index contributed by atoms with van der Waals surface area (Å²) in [6.07, 6.45) is 0. The average Bonchev–Trinajstić information content (AvgIpc) is 2.80. The second-order valence-corrected chi connectivity index (χ2v) is 5.49. The van der Waals surface area contributed by atoms with Crippen molar-refractivity contribution in [1.82, 2.24) is 0 Å². The molecule has 1 aliphatic heterocycles. The van der Waals surface area contributed by atoms with Crippen molar-refractivity contribution in [2.24, 2.45) is 5.16 Å². The van der Waals surface area contributed by atoms with E-state index in [0.29, 0.717) is 17.1 Å². The molecule has 0 N–H and O–H groups in total. The van der Waals surface area contributed by atoms with Gasteiger partial charge in [-0.25, -0.2) is 4.79 Å². The number of para-hydroxylation sites is 1. The number of carbonyl (C=O) groups is 2. The van der Waals surface area contributed by atoms with Crippen LogP contribution in [0.4, 0.5) is 5.69 Å². The van der Waals surface area contributed by atoms with Gasteiger partial charge in [0.25, 0.3) is 5.91 Å². The van der Waals surface area contributed by atoms with Crippen LogP contribution in [0.25, 0.3) is 0 Å². The molecule has 1 heterocycles. The van der Waals surface area contributed by atoms with Gasteiger partial charge in [-0.3, -0.25) is 4.79 Å². The highest BCUT2D eigenvalue weighted by Gasteiger charge is 2.34. The maximum atomic E-state index is 12.6. The Morgan fingerprint density at radius 3 is 2.57 bits per heavy atom. The number of rotatable bonds is 3. The molecule has 0 saturated heterocycles. The van der Waals surface area contributed by atoms with Gasteiger partial charge in [-0.15, -0.1) is 0 Å². The van der Waals surface area contributed by atoms with Crippen molar-refractivity contribution in [3.05, 3.63) is 64.7 Å². The predicted octanol–water partition coefficient (Wildman–Crippen LogP) is 3.15. The third-order valence-electron chi connectivity index (χ3n) is 3.42. The fraction of sp³-hybridized carbons (Fsp3) is 0.118. The van der Waals surface area contributed by atoms with Gasteiger partial charge < -0.3 is 9.74 Å². The molecule has 0 saturated carbocycles. The number of fused-ring (bicyclic) bond motifs is 1. The minimum Gasteiger partial charge on any atom is -0.318 e. The topological polar surface area (TPSA) is 59.0 Å². The van der Waals surface area contributed by atoms with Gasteiger partial charge >= 0.3 is 5.97 Å². The van der Waals surface area contributed by atoms with E-state index in [4.69, 9.17) is 11.6 Å². The smallest absolute Gasteiger partial charge is 0.318 e. The van der Waals surface area contributed by atoms with Crippen molar-refractivity contribution in [1.29, 1.82) is 0 Å².